The minimum Gasteiger partial charge on any atom is -0.366 e. The number of benzene rings is 1. The zero-order valence-corrected chi connectivity index (χ0v) is 13.7. The zero-order valence-electron chi connectivity index (χ0n) is 12.9. The van der Waals surface area contributed by atoms with E-state index in [0.29, 0.717) is 16.9 Å². The van der Waals surface area contributed by atoms with Gasteiger partial charge in [0.25, 0.3) is 0 Å². The van der Waals surface area contributed by atoms with Gasteiger partial charge in [0, 0.05) is 27.4 Å². The first-order chi connectivity index (χ1) is 11.5. The van der Waals surface area contributed by atoms with E-state index in [9.17, 15) is 14.4 Å². The number of ketones is 1. The monoisotopic (exact) mass is 340 g/mol. The van der Waals surface area contributed by atoms with Crippen molar-refractivity contribution in [2.75, 3.05) is 0 Å². The van der Waals surface area contributed by atoms with E-state index < -0.39 is 17.7 Å². The van der Waals surface area contributed by atoms with Gasteiger partial charge < -0.3 is 11.5 Å². The largest absolute Gasteiger partial charge is 0.366 e. The molecule has 0 spiro atoms. The van der Waals surface area contributed by atoms with Crippen molar-refractivity contribution in [2.24, 2.45) is 17.4 Å². The van der Waals surface area contributed by atoms with Crippen LogP contribution in [0, 0.1) is 5.92 Å². The van der Waals surface area contributed by atoms with Crippen molar-refractivity contribution in [3.05, 3.63) is 64.1 Å². The predicted molar refractivity (Wildman–Crippen MR) is 91.8 cm³/mol. The first-order valence-electron chi connectivity index (χ1n) is 7.43. The van der Waals surface area contributed by atoms with Gasteiger partial charge in [-0.25, -0.2) is 0 Å². The topological polar surface area (TPSA) is 103 Å². The van der Waals surface area contributed by atoms with Crippen LogP contribution >= 0.6 is 11.8 Å². The molecular formula is C18H16N2O3S. The second kappa shape index (κ2) is 6.13. The fourth-order valence-corrected chi connectivity index (χ4v) is 4.41. The summed E-state index contributed by atoms with van der Waals surface area (Å²) >= 11 is 1.29. The van der Waals surface area contributed by atoms with Crippen molar-refractivity contribution in [1.82, 2.24) is 0 Å². The Morgan fingerprint density at radius 1 is 1.25 bits per heavy atom. The van der Waals surface area contributed by atoms with Gasteiger partial charge in [0.15, 0.2) is 5.78 Å². The average Bonchev–Trinajstić information content (AvgIpc) is 2.55. The number of hydrogen-bond donors (Lipinski definition) is 2. The predicted octanol–water partition coefficient (Wildman–Crippen LogP) is 1.63. The molecule has 3 rings (SSSR count). The molecule has 1 heterocycles. The average molecular weight is 340 g/mol. The minimum absolute atomic E-state index is 0.00182. The standard InChI is InChI=1S/C18H16N2O3S/c1-2-5-10-13(17(19)22)14(18(20)23)16-11(15(10)21)8-9-6-3-4-7-12(9)24-16/h2-4,6-7,10H,1,5,8H2,(H2,19,22)(H2,20,23). The Morgan fingerprint density at radius 2 is 1.96 bits per heavy atom. The molecule has 1 aromatic carbocycles. The van der Waals surface area contributed by atoms with E-state index >= 15 is 0 Å². The maximum Gasteiger partial charge on any atom is 0.250 e. The molecule has 1 aliphatic carbocycles. The number of carbonyl (C=O) groups is 3. The number of fused-ring (bicyclic) bond motifs is 1. The summed E-state index contributed by atoms with van der Waals surface area (Å²) in [5.41, 5.74) is 12.6. The first kappa shape index (κ1) is 16.3. The molecule has 5 nitrogen and oxygen atoms in total. The van der Waals surface area contributed by atoms with E-state index in [2.05, 4.69) is 6.58 Å². The molecule has 1 unspecified atom stereocenters. The third-order valence-corrected chi connectivity index (χ3v) is 5.47. The van der Waals surface area contributed by atoms with Gasteiger partial charge >= 0.3 is 0 Å². The molecule has 6 heteroatoms. The zero-order chi connectivity index (χ0) is 17.4. The highest BCUT2D eigenvalue weighted by molar-refractivity contribution is 8.03. The number of thioether (sulfide) groups is 1. The van der Waals surface area contributed by atoms with Crippen LogP contribution in [0.1, 0.15) is 12.0 Å². The number of primary amides is 2. The number of Topliss-reactive ketones (excluding diaryl/α,β-unsaturated/α-hetero) is 1. The molecule has 0 aromatic heterocycles. The lowest BCUT2D eigenvalue weighted by Crippen LogP contribution is -2.36. The highest BCUT2D eigenvalue weighted by Gasteiger charge is 2.41. The molecule has 0 bridgehead atoms. The number of amides is 2. The summed E-state index contributed by atoms with van der Waals surface area (Å²) < 4.78 is 0. The lowest BCUT2D eigenvalue weighted by Gasteiger charge is -2.31. The van der Waals surface area contributed by atoms with Gasteiger partial charge in [0.05, 0.1) is 11.5 Å². The van der Waals surface area contributed by atoms with E-state index in [1.54, 1.807) is 6.08 Å². The Bertz CT molecular complexity index is 852. The number of hydrogen-bond acceptors (Lipinski definition) is 4. The second-order valence-corrected chi connectivity index (χ2v) is 6.70. The summed E-state index contributed by atoms with van der Waals surface area (Å²) in [5.74, 6) is -2.53. The van der Waals surface area contributed by atoms with Crippen molar-refractivity contribution < 1.29 is 14.4 Å². The van der Waals surface area contributed by atoms with Crippen LogP contribution in [0.25, 0.3) is 0 Å². The van der Waals surface area contributed by atoms with Crippen molar-refractivity contribution in [2.45, 2.75) is 17.7 Å². The third kappa shape index (κ3) is 2.49. The van der Waals surface area contributed by atoms with Crippen molar-refractivity contribution in [3.63, 3.8) is 0 Å². The van der Waals surface area contributed by atoms with E-state index in [1.807, 2.05) is 24.3 Å². The summed E-state index contributed by atoms with van der Waals surface area (Å²) in [5, 5.41) is 0. The number of nitrogens with two attached hydrogens (primary N) is 2. The molecule has 4 N–H and O–H groups in total. The molecule has 1 atom stereocenters. The Balaban J connectivity index is 2.24. The van der Waals surface area contributed by atoms with Crippen molar-refractivity contribution in [3.8, 4) is 0 Å². The lowest BCUT2D eigenvalue weighted by atomic mass is 9.77. The van der Waals surface area contributed by atoms with Gasteiger partial charge in [-0.2, -0.15) is 0 Å². The van der Waals surface area contributed by atoms with Gasteiger partial charge in [0.1, 0.15) is 0 Å². The fourth-order valence-electron chi connectivity index (χ4n) is 3.16. The summed E-state index contributed by atoms with van der Waals surface area (Å²) in [6.45, 7) is 3.63. The Hall–Kier alpha value is -2.60. The van der Waals surface area contributed by atoms with Crippen molar-refractivity contribution >= 4 is 29.4 Å². The molecule has 0 saturated carbocycles. The van der Waals surface area contributed by atoms with Gasteiger partial charge in [-0.15, -0.1) is 6.58 Å². The lowest BCUT2D eigenvalue weighted by molar-refractivity contribution is -0.122. The summed E-state index contributed by atoms with van der Waals surface area (Å²) in [7, 11) is 0. The molecule has 2 aliphatic rings. The summed E-state index contributed by atoms with van der Waals surface area (Å²) in [6.07, 6.45) is 2.18. The van der Waals surface area contributed by atoms with Crippen LogP contribution in [-0.4, -0.2) is 17.6 Å². The van der Waals surface area contributed by atoms with Crippen LogP contribution in [0.3, 0.4) is 0 Å². The molecule has 2 amide bonds. The maximum atomic E-state index is 12.9. The number of carbonyl (C=O) groups excluding carboxylic acids is 3. The van der Waals surface area contributed by atoms with Crippen molar-refractivity contribution in [1.29, 1.82) is 0 Å². The Labute approximate surface area is 143 Å². The van der Waals surface area contributed by atoms with E-state index in [0.717, 1.165) is 10.5 Å². The van der Waals surface area contributed by atoms with Gasteiger partial charge in [-0.05, 0) is 18.1 Å². The van der Waals surface area contributed by atoms with E-state index in [1.165, 1.54) is 11.8 Å². The van der Waals surface area contributed by atoms with Crippen LogP contribution in [-0.2, 0) is 20.8 Å². The highest BCUT2D eigenvalue weighted by Crippen LogP contribution is 2.47. The molecule has 0 radical (unpaired) electrons. The van der Waals surface area contributed by atoms with Crippen LogP contribution in [0.2, 0.25) is 0 Å². The summed E-state index contributed by atoms with van der Waals surface area (Å²) in [4.78, 5) is 38.3. The number of rotatable bonds is 4. The Kier molecular flexibility index (Phi) is 4.15. The van der Waals surface area contributed by atoms with Gasteiger partial charge in [-0.3, -0.25) is 14.4 Å². The minimum atomic E-state index is -0.799. The molecule has 122 valence electrons. The molecule has 0 saturated heterocycles. The Morgan fingerprint density at radius 3 is 2.58 bits per heavy atom. The first-order valence-corrected chi connectivity index (χ1v) is 8.25. The maximum absolute atomic E-state index is 12.9. The molecule has 24 heavy (non-hydrogen) atoms. The highest BCUT2D eigenvalue weighted by atomic mass is 32.2. The van der Waals surface area contributed by atoms with Crippen LogP contribution in [0.4, 0.5) is 0 Å². The third-order valence-electron chi connectivity index (χ3n) is 4.20. The fraction of sp³-hybridized carbons (Fsp3) is 0.167. The quantitative estimate of drug-likeness (QED) is 0.813. The summed E-state index contributed by atoms with van der Waals surface area (Å²) in [6, 6.07) is 7.64. The van der Waals surface area contributed by atoms with Crippen LogP contribution < -0.4 is 11.5 Å². The van der Waals surface area contributed by atoms with E-state index in [4.69, 9.17) is 11.5 Å². The van der Waals surface area contributed by atoms with E-state index in [-0.39, 0.29) is 23.4 Å². The van der Waals surface area contributed by atoms with Crippen LogP contribution in [0.5, 0.6) is 0 Å². The van der Waals surface area contributed by atoms with Gasteiger partial charge in [-0.1, -0.05) is 36.0 Å². The van der Waals surface area contributed by atoms with Crippen LogP contribution in [0.15, 0.2) is 63.4 Å². The number of allylic oxidation sites excluding steroid dienone is 2. The second-order valence-electron chi connectivity index (χ2n) is 5.65. The molecule has 1 aromatic rings. The normalized spacial score (nSPS) is 19.7. The molecular weight excluding hydrogens is 324 g/mol. The SMILES string of the molecule is C=CCC1C(=O)C2=C(Sc3ccccc3C2)C(C(N)=O)=C1C(N)=O. The molecule has 0 fully saturated rings. The molecule has 1 aliphatic heterocycles. The smallest absolute Gasteiger partial charge is 0.250 e. The van der Waals surface area contributed by atoms with Gasteiger partial charge in [0.2, 0.25) is 11.8 Å².